The fraction of sp³-hybridized carbons (Fsp3) is 0.200. The maximum absolute atomic E-state index is 9.87. The topological polar surface area (TPSA) is 179 Å². The van der Waals surface area contributed by atoms with Crippen LogP contribution in [-0.4, -0.2) is 22.2 Å². The molecule has 10 N–H and O–H groups in total. The Kier molecular flexibility index (Phi) is 17.7. The van der Waals surface area contributed by atoms with Gasteiger partial charge in [0.25, 0.3) is 0 Å². The molecule has 0 aromatic rings. The lowest BCUT2D eigenvalue weighted by molar-refractivity contribution is -0.139. The van der Waals surface area contributed by atoms with Gasteiger partial charge >= 0.3 is 11.9 Å². The summed E-state index contributed by atoms with van der Waals surface area (Å²) in [5, 5.41) is 16.1. The van der Waals surface area contributed by atoms with E-state index in [2.05, 4.69) is 29.9 Å². The molecule has 0 saturated heterocycles. The Labute approximate surface area is 74.7 Å². The average molecular weight is 194 g/mol. The maximum atomic E-state index is 9.87. The minimum atomic E-state index is -1.27. The third-order valence-electron chi connectivity index (χ3n) is 0.667. The highest BCUT2D eigenvalue weighted by atomic mass is 16.4. The van der Waals surface area contributed by atoms with Crippen molar-refractivity contribution in [1.29, 1.82) is 0 Å². The normalized spacial score (nSPS) is 6.77. The molecule has 0 amide bonds. The Morgan fingerprint density at radius 1 is 1.08 bits per heavy atom. The minimum Gasteiger partial charge on any atom is -0.481 e. The van der Waals surface area contributed by atoms with Crippen LogP contribution in [0.1, 0.15) is 6.42 Å². The molecule has 0 aliphatic rings. The van der Waals surface area contributed by atoms with Crippen LogP contribution in [0.4, 0.5) is 0 Å². The highest BCUT2D eigenvalue weighted by Crippen LogP contribution is 1.95. The maximum Gasteiger partial charge on any atom is 0.331 e. The van der Waals surface area contributed by atoms with Gasteiger partial charge in [0.15, 0.2) is 0 Å². The third kappa shape index (κ3) is 18.0. The second kappa shape index (κ2) is 13.1. The van der Waals surface area contributed by atoms with Crippen LogP contribution in [0, 0.1) is 0 Å². The SMILES string of the molecule is C=C(CC(=O)O)C(=O)O.NN.NN. The van der Waals surface area contributed by atoms with E-state index in [0.717, 1.165) is 0 Å². The molecule has 0 radical (unpaired) electrons. The first-order valence-electron chi connectivity index (χ1n) is 2.83. The molecule has 0 rings (SSSR count). The molecule has 0 atom stereocenters. The van der Waals surface area contributed by atoms with Crippen LogP contribution in [0.15, 0.2) is 12.2 Å². The van der Waals surface area contributed by atoms with E-state index in [1.54, 1.807) is 0 Å². The van der Waals surface area contributed by atoms with Gasteiger partial charge in [-0.25, -0.2) is 4.79 Å². The van der Waals surface area contributed by atoms with Gasteiger partial charge in [0.2, 0.25) is 0 Å². The summed E-state index contributed by atoms with van der Waals surface area (Å²) in [6, 6.07) is 0. The average Bonchev–Trinajstić information content (AvgIpc) is 2.10. The first-order chi connectivity index (χ1) is 6.04. The summed E-state index contributed by atoms with van der Waals surface area (Å²) < 4.78 is 0. The zero-order valence-electron chi connectivity index (χ0n) is 6.93. The van der Waals surface area contributed by atoms with E-state index in [4.69, 9.17) is 10.2 Å². The number of carbonyl (C=O) groups is 2. The van der Waals surface area contributed by atoms with E-state index >= 15 is 0 Å². The van der Waals surface area contributed by atoms with E-state index < -0.39 is 18.4 Å². The van der Waals surface area contributed by atoms with Crippen molar-refractivity contribution in [3.05, 3.63) is 12.2 Å². The van der Waals surface area contributed by atoms with Crippen LogP contribution in [-0.2, 0) is 9.59 Å². The second-order valence-electron chi connectivity index (χ2n) is 1.48. The van der Waals surface area contributed by atoms with Crippen molar-refractivity contribution in [3.63, 3.8) is 0 Å². The molecule has 0 heterocycles. The Bertz CT molecular complexity index is 170. The summed E-state index contributed by atoms with van der Waals surface area (Å²) >= 11 is 0. The minimum absolute atomic E-state index is 0.303. The molecular weight excluding hydrogens is 180 g/mol. The Hall–Kier alpha value is -1.48. The van der Waals surface area contributed by atoms with Gasteiger partial charge in [-0.1, -0.05) is 6.58 Å². The van der Waals surface area contributed by atoms with Crippen molar-refractivity contribution in [3.8, 4) is 0 Å². The van der Waals surface area contributed by atoms with Gasteiger partial charge in [-0.15, -0.1) is 0 Å². The zero-order valence-corrected chi connectivity index (χ0v) is 6.93. The second-order valence-corrected chi connectivity index (χ2v) is 1.48. The molecule has 0 aromatic heterocycles. The summed E-state index contributed by atoms with van der Waals surface area (Å²) in [7, 11) is 0. The molecule has 0 fully saturated rings. The molecule has 0 aromatic carbocycles. The summed E-state index contributed by atoms with van der Waals surface area (Å²) in [4.78, 5) is 19.7. The van der Waals surface area contributed by atoms with Crippen molar-refractivity contribution in [1.82, 2.24) is 0 Å². The number of hydrogen-bond donors (Lipinski definition) is 6. The zero-order chi connectivity index (χ0) is 11.4. The van der Waals surface area contributed by atoms with Gasteiger partial charge < -0.3 is 10.2 Å². The number of rotatable bonds is 3. The number of hydrogen-bond acceptors (Lipinski definition) is 6. The number of carboxylic acids is 2. The van der Waals surface area contributed by atoms with E-state index in [-0.39, 0.29) is 5.57 Å². The van der Waals surface area contributed by atoms with E-state index in [0.29, 0.717) is 0 Å². The highest BCUT2D eigenvalue weighted by molar-refractivity contribution is 5.91. The van der Waals surface area contributed by atoms with Crippen LogP contribution < -0.4 is 23.4 Å². The summed E-state index contributed by atoms with van der Waals surface area (Å²) in [5.41, 5.74) is -0.303. The van der Waals surface area contributed by atoms with Crippen molar-refractivity contribution < 1.29 is 19.8 Å². The quantitative estimate of drug-likeness (QED) is 0.165. The number of aliphatic carboxylic acids is 2. The Morgan fingerprint density at radius 2 is 1.38 bits per heavy atom. The highest BCUT2D eigenvalue weighted by Gasteiger charge is 2.07. The van der Waals surface area contributed by atoms with Gasteiger partial charge in [-0.3, -0.25) is 28.2 Å². The first-order valence-corrected chi connectivity index (χ1v) is 2.83. The number of hydrazine groups is 2. The Balaban J connectivity index is -0.000000218. The number of nitrogens with two attached hydrogens (primary N) is 4. The lowest BCUT2D eigenvalue weighted by Crippen LogP contribution is -2.04. The lowest BCUT2D eigenvalue weighted by Gasteiger charge is -1.91. The lowest BCUT2D eigenvalue weighted by atomic mass is 10.2. The molecule has 0 bridgehead atoms. The monoisotopic (exact) mass is 194 g/mol. The molecule has 13 heavy (non-hydrogen) atoms. The predicted octanol–water partition coefficient (Wildman–Crippen LogP) is -2.26. The van der Waals surface area contributed by atoms with Crippen molar-refractivity contribution in [2.24, 2.45) is 23.4 Å². The molecule has 8 nitrogen and oxygen atoms in total. The molecule has 8 heteroatoms. The smallest absolute Gasteiger partial charge is 0.331 e. The molecule has 78 valence electrons. The fourth-order valence-corrected chi connectivity index (χ4v) is 0.258. The van der Waals surface area contributed by atoms with Gasteiger partial charge in [0.05, 0.1) is 6.42 Å². The summed E-state index contributed by atoms with van der Waals surface area (Å²) in [5.74, 6) is 13.6. The first kappa shape index (κ1) is 17.6. The van der Waals surface area contributed by atoms with Crippen LogP contribution >= 0.6 is 0 Å². The predicted molar refractivity (Wildman–Crippen MR) is 45.8 cm³/mol. The molecule has 0 aliphatic heterocycles. The third-order valence-corrected chi connectivity index (χ3v) is 0.667. The van der Waals surface area contributed by atoms with Crippen molar-refractivity contribution in [2.45, 2.75) is 6.42 Å². The van der Waals surface area contributed by atoms with Crippen LogP contribution in [0.25, 0.3) is 0 Å². The molecule has 0 saturated carbocycles. The molecule has 0 spiro atoms. The van der Waals surface area contributed by atoms with Gasteiger partial charge in [0, 0.05) is 5.57 Å². The van der Waals surface area contributed by atoms with Crippen LogP contribution in [0.5, 0.6) is 0 Å². The van der Waals surface area contributed by atoms with E-state index in [1.807, 2.05) is 0 Å². The Morgan fingerprint density at radius 3 is 1.46 bits per heavy atom. The molecule has 0 unspecified atom stereocenters. The van der Waals surface area contributed by atoms with Crippen LogP contribution in [0.3, 0.4) is 0 Å². The van der Waals surface area contributed by atoms with Gasteiger partial charge in [-0.05, 0) is 0 Å². The molecule has 0 aliphatic carbocycles. The van der Waals surface area contributed by atoms with Crippen molar-refractivity contribution in [2.75, 3.05) is 0 Å². The number of carboxylic acid groups (broad SMARTS) is 2. The van der Waals surface area contributed by atoms with Crippen molar-refractivity contribution >= 4 is 11.9 Å². The fourth-order valence-electron chi connectivity index (χ4n) is 0.258. The standard InChI is InChI=1S/C5H6O4.2H4N2/c1-3(5(8)9)2-4(6)7;2*1-2/h1-2H2,(H,6,7)(H,8,9);2*1-2H2. The van der Waals surface area contributed by atoms with E-state index in [9.17, 15) is 9.59 Å². The van der Waals surface area contributed by atoms with Crippen LogP contribution in [0.2, 0.25) is 0 Å². The summed E-state index contributed by atoms with van der Waals surface area (Å²) in [6.45, 7) is 3.01. The van der Waals surface area contributed by atoms with Gasteiger partial charge in [0.1, 0.15) is 0 Å². The van der Waals surface area contributed by atoms with Gasteiger partial charge in [-0.2, -0.15) is 0 Å². The van der Waals surface area contributed by atoms with E-state index in [1.165, 1.54) is 0 Å². The molecular formula is C5H14N4O4. The largest absolute Gasteiger partial charge is 0.481 e. The summed E-state index contributed by atoms with van der Waals surface area (Å²) in [6.07, 6.45) is -0.505.